The lowest BCUT2D eigenvalue weighted by molar-refractivity contribution is 0.0937. The number of carbonyl (C=O) groups excluding carboxylic acids is 1. The van der Waals surface area contributed by atoms with Crippen molar-refractivity contribution >= 4 is 17.2 Å². The average molecular weight is 272 g/mol. The fourth-order valence-electron chi connectivity index (χ4n) is 2.58. The standard InChI is InChI=1S/C15H16N2OS/c1-9-3-4-13(10(2)16-9)15(18)17-12-7-11-5-6-19-14(11)8-12/h3-6,12H,7-8H2,1-2H3,(H,17,18). The fraction of sp³-hybridized carbons (Fsp3) is 0.333. The molecule has 19 heavy (non-hydrogen) atoms. The molecule has 1 aliphatic rings. The van der Waals surface area contributed by atoms with Crippen LogP contribution in [-0.4, -0.2) is 16.9 Å². The quantitative estimate of drug-likeness (QED) is 0.913. The number of amides is 1. The van der Waals surface area contributed by atoms with Crippen LogP contribution in [0.2, 0.25) is 0 Å². The summed E-state index contributed by atoms with van der Waals surface area (Å²) in [7, 11) is 0. The predicted molar refractivity (Wildman–Crippen MR) is 76.7 cm³/mol. The highest BCUT2D eigenvalue weighted by Crippen LogP contribution is 2.27. The minimum atomic E-state index is -0.00912. The number of thiophene rings is 1. The summed E-state index contributed by atoms with van der Waals surface area (Å²) < 4.78 is 0. The SMILES string of the molecule is Cc1ccc(C(=O)NC2Cc3ccsc3C2)c(C)n1. The van der Waals surface area contributed by atoms with Gasteiger partial charge >= 0.3 is 0 Å². The maximum atomic E-state index is 12.3. The van der Waals surface area contributed by atoms with Gasteiger partial charge in [0.2, 0.25) is 0 Å². The second kappa shape index (κ2) is 4.78. The van der Waals surface area contributed by atoms with Crippen LogP contribution in [0.25, 0.3) is 0 Å². The van der Waals surface area contributed by atoms with Crippen molar-refractivity contribution in [3.05, 3.63) is 51.0 Å². The maximum absolute atomic E-state index is 12.3. The predicted octanol–water partition coefficient (Wildman–Crippen LogP) is 2.66. The third-order valence-electron chi connectivity index (χ3n) is 3.54. The first kappa shape index (κ1) is 12.4. The lowest BCUT2D eigenvalue weighted by Crippen LogP contribution is -2.35. The fourth-order valence-corrected chi connectivity index (χ4v) is 3.58. The van der Waals surface area contributed by atoms with E-state index in [1.54, 1.807) is 11.3 Å². The van der Waals surface area contributed by atoms with Crippen LogP contribution in [0.5, 0.6) is 0 Å². The minimum Gasteiger partial charge on any atom is -0.349 e. The van der Waals surface area contributed by atoms with Gasteiger partial charge < -0.3 is 5.32 Å². The Morgan fingerprint density at radius 1 is 1.32 bits per heavy atom. The molecule has 2 aromatic rings. The molecule has 2 aromatic heterocycles. The lowest BCUT2D eigenvalue weighted by atomic mass is 10.1. The molecule has 0 bridgehead atoms. The van der Waals surface area contributed by atoms with Gasteiger partial charge in [0.25, 0.3) is 5.91 Å². The van der Waals surface area contributed by atoms with Gasteiger partial charge in [-0.2, -0.15) is 0 Å². The number of rotatable bonds is 2. The Bertz CT molecular complexity index is 612. The molecule has 1 aliphatic carbocycles. The van der Waals surface area contributed by atoms with Crippen LogP contribution < -0.4 is 5.32 Å². The van der Waals surface area contributed by atoms with E-state index in [0.29, 0.717) is 5.56 Å². The third-order valence-corrected chi connectivity index (χ3v) is 4.53. The summed E-state index contributed by atoms with van der Waals surface area (Å²) in [5, 5.41) is 5.24. The van der Waals surface area contributed by atoms with Crippen molar-refractivity contribution in [3.63, 3.8) is 0 Å². The van der Waals surface area contributed by atoms with Crippen LogP contribution in [-0.2, 0) is 12.8 Å². The van der Waals surface area contributed by atoms with E-state index in [4.69, 9.17) is 0 Å². The highest BCUT2D eigenvalue weighted by Gasteiger charge is 2.24. The first-order chi connectivity index (χ1) is 9.13. The largest absolute Gasteiger partial charge is 0.349 e. The normalized spacial score (nSPS) is 17.3. The lowest BCUT2D eigenvalue weighted by Gasteiger charge is -2.13. The molecule has 1 atom stereocenters. The molecule has 1 amide bonds. The van der Waals surface area contributed by atoms with Crippen LogP contribution in [0.3, 0.4) is 0 Å². The molecule has 2 heterocycles. The molecule has 4 heteroatoms. The van der Waals surface area contributed by atoms with E-state index in [-0.39, 0.29) is 11.9 Å². The van der Waals surface area contributed by atoms with Crippen molar-refractivity contribution in [2.24, 2.45) is 0 Å². The molecule has 0 spiro atoms. The second-order valence-corrected chi connectivity index (χ2v) is 6.03. The number of fused-ring (bicyclic) bond motifs is 1. The number of hydrogen-bond acceptors (Lipinski definition) is 3. The second-order valence-electron chi connectivity index (χ2n) is 5.03. The van der Waals surface area contributed by atoms with Gasteiger partial charge in [0.05, 0.1) is 11.3 Å². The molecular formula is C15H16N2OS. The van der Waals surface area contributed by atoms with Gasteiger partial charge in [0, 0.05) is 23.0 Å². The molecule has 0 radical (unpaired) electrons. The molecule has 0 aromatic carbocycles. The summed E-state index contributed by atoms with van der Waals surface area (Å²) in [6, 6.07) is 6.13. The van der Waals surface area contributed by atoms with Gasteiger partial charge in [-0.3, -0.25) is 9.78 Å². The first-order valence-corrected chi connectivity index (χ1v) is 7.32. The van der Waals surface area contributed by atoms with E-state index < -0.39 is 0 Å². The van der Waals surface area contributed by atoms with Crippen molar-refractivity contribution in [1.82, 2.24) is 10.3 Å². The number of nitrogens with zero attached hydrogens (tertiary/aromatic N) is 1. The number of hydrogen-bond donors (Lipinski definition) is 1. The summed E-state index contributed by atoms with van der Waals surface area (Å²) in [5.74, 6) is -0.00912. The summed E-state index contributed by atoms with van der Waals surface area (Å²) in [6.45, 7) is 3.82. The van der Waals surface area contributed by atoms with Gasteiger partial charge in [-0.1, -0.05) is 0 Å². The monoisotopic (exact) mass is 272 g/mol. The summed E-state index contributed by atoms with van der Waals surface area (Å²) >= 11 is 1.78. The van der Waals surface area contributed by atoms with Crippen LogP contribution in [0.1, 0.15) is 32.2 Å². The zero-order valence-corrected chi connectivity index (χ0v) is 11.9. The van der Waals surface area contributed by atoms with E-state index >= 15 is 0 Å². The van der Waals surface area contributed by atoms with Crippen LogP contribution >= 0.6 is 11.3 Å². The minimum absolute atomic E-state index is 0.00912. The van der Waals surface area contributed by atoms with Crippen LogP contribution in [0.4, 0.5) is 0 Å². The topological polar surface area (TPSA) is 42.0 Å². The molecule has 1 N–H and O–H groups in total. The number of aromatic nitrogens is 1. The smallest absolute Gasteiger partial charge is 0.253 e. The first-order valence-electron chi connectivity index (χ1n) is 6.44. The Balaban J connectivity index is 1.71. The van der Waals surface area contributed by atoms with Crippen molar-refractivity contribution in [2.75, 3.05) is 0 Å². The molecule has 3 rings (SSSR count). The molecule has 3 nitrogen and oxygen atoms in total. The Labute approximate surface area is 116 Å². The Hall–Kier alpha value is -1.68. The number of carbonyl (C=O) groups is 1. The van der Waals surface area contributed by atoms with Crippen molar-refractivity contribution in [3.8, 4) is 0 Å². The Kier molecular flexibility index (Phi) is 3.11. The average Bonchev–Trinajstić information content (AvgIpc) is 2.89. The van der Waals surface area contributed by atoms with Gasteiger partial charge in [-0.15, -0.1) is 11.3 Å². The number of aryl methyl sites for hydroxylation is 2. The van der Waals surface area contributed by atoms with E-state index in [9.17, 15) is 4.79 Å². The summed E-state index contributed by atoms with van der Waals surface area (Å²) in [6.07, 6.45) is 1.90. The van der Waals surface area contributed by atoms with Crippen LogP contribution in [0.15, 0.2) is 23.6 Å². The zero-order chi connectivity index (χ0) is 13.4. The van der Waals surface area contributed by atoms with E-state index in [1.807, 2.05) is 26.0 Å². The van der Waals surface area contributed by atoms with E-state index in [0.717, 1.165) is 24.2 Å². The molecular weight excluding hydrogens is 256 g/mol. The maximum Gasteiger partial charge on any atom is 0.253 e. The Morgan fingerprint density at radius 2 is 2.16 bits per heavy atom. The summed E-state index contributed by atoms with van der Waals surface area (Å²) in [4.78, 5) is 18.0. The van der Waals surface area contributed by atoms with E-state index in [1.165, 1.54) is 10.4 Å². The van der Waals surface area contributed by atoms with E-state index in [2.05, 4.69) is 21.7 Å². The van der Waals surface area contributed by atoms with Gasteiger partial charge in [0.15, 0.2) is 0 Å². The van der Waals surface area contributed by atoms with Gasteiger partial charge in [0.1, 0.15) is 0 Å². The van der Waals surface area contributed by atoms with Crippen molar-refractivity contribution < 1.29 is 4.79 Å². The summed E-state index contributed by atoms with van der Waals surface area (Å²) in [5.41, 5.74) is 3.80. The molecule has 0 aliphatic heterocycles. The zero-order valence-electron chi connectivity index (χ0n) is 11.1. The molecule has 0 saturated heterocycles. The van der Waals surface area contributed by atoms with Gasteiger partial charge in [-0.25, -0.2) is 0 Å². The Morgan fingerprint density at radius 3 is 2.89 bits per heavy atom. The third kappa shape index (κ3) is 2.40. The van der Waals surface area contributed by atoms with Crippen LogP contribution in [0, 0.1) is 13.8 Å². The highest BCUT2D eigenvalue weighted by atomic mass is 32.1. The molecule has 0 fully saturated rings. The molecule has 1 unspecified atom stereocenters. The van der Waals surface area contributed by atoms with Crippen molar-refractivity contribution in [2.45, 2.75) is 32.7 Å². The van der Waals surface area contributed by atoms with Crippen molar-refractivity contribution in [1.29, 1.82) is 0 Å². The van der Waals surface area contributed by atoms with Gasteiger partial charge in [-0.05, 0) is 49.4 Å². The number of pyridine rings is 1. The highest BCUT2D eigenvalue weighted by molar-refractivity contribution is 7.10. The molecule has 0 saturated carbocycles. The number of nitrogens with one attached hydrogen (secondary N) is 1. The molecule has 98 valence electrons.